The number of carbonyl (C=O) groups is 1. The first kappa shape index (κ1) is 21.7. The topological polar surface area (TPSA) is 35.5 Å². The lowest BCUT2D eigenvalue weighted by molar-refractivity contribution is 0.104. The normalized spacial score (nSPS) is 10.9. The Morgan fingerprint density at radius 3 is 2.41 bits per heavy atom. The van der Waals surface area contributed by atoms with Crippen LogP contribution in [0.2, 0.25) is 10.0 Å². The number of ether oxygens (including phenoxy) is 2. The lowest BCUT2D eigenvalue weighted by Gasteiger charge is -2.12. The Morgan fingerprint density at radius 2 is 1.72 bits per heavy atom. The van der Waals surface area contributed by atoms with Gasteiger partial charge in [-0.2, -0.15) is 0 Å². The molecule has 0 heterocycles. The zero-order valence-electron chi connectivity index (χ0n) is 15.5. The lowest BCUT2D eigenvalue weighted by atomic mass is 10.1. The van der Waals surface area contributed by atoms with E-state index >= 15 is 0 Å². The van der Waals surface area contributed by atoms with Gasteiger partial charge in [-0.1, -0.05) is 47.5 Å². The quantitative estimate of drug-likeness (QED) is 0.183. The van der Waals surface area contributed by atoms with Crippen LogP contribution in [0.4, 0.5) is 0 Å². The van der Waals surface area contributed by atoms with Gasteiger partial charge < -0.3 is 9.47 Å². The molecule has 0 unspecified atom stereocenters. The molecule has 3 rings (SSSR count). The van der Waals surface area contributed by atoms with Gasteiger partial charge in [0.1, 0.15) is 18.1 Å². The van der Waals surface area contributed by atoms with E-state index in [4.69, 9.17) is 32.7 Å². The van der Waals surface area contributed by atoms with Gasteiger partial charge in [-0.25, -0.2) is 0 Å². The van der Waals surface area contributed by atoms with Gasteiger partial charge in [0.2, 0.25) is 0 Å². The third-order valence-electron chi connectivity index (χ3n) is 4.14. The second-order valence-corrected chi connectivity index (χ2v) is 8.23. The molecule has 0 aliphatic heterocycles. The number of ketones is 1. The highest BCUT2D eigenvalue weighted by Crippen LogP contribution is 2.29. The van der Waals surface area contributed by atoms with E-state index in [1.807, 2.05) is 42.5 Å². The third kappa shape index (κ3) is 5.98. The first-order valence-electron chi connectivity index (χ1n) is 8.69. The van der Waals surface area contributed by atoms with Crippen molar-refractivity contribution >= 4 is 57.7 Å². The van der Waals surface area contributed by atoms with Crippen molar-refractivity contribution in [1.29, 1.82) is 0 Å². The Morgan fingerprint density at radius 1 is 1.00 bits per heavy atom. The van der Waals surface area contributed by atoms with Crippen LogP contribution in [-0.4, -0.2) is 12.9 Å². The molecule has 148 valence electrons. The second-order valence-electron chi connectivity index (χ2n) is 6.14. The number of carbonyl (C=O) groups excluding carboxylic acids is 1. The Balaban J connectivity index is 1.75. The molecule has 3 aromatic rings. The molecule has 0 amide bonds. The molecule has 0 saturated carbocycles. The van der Waals surface area contributed by atoms with E-state index in [-0.39, 0.29) is 12.4 Å². The number of rotatable bonds is 7. The van der Waals surface area contributed by atoms with Crippen molar-refractivity contribution in [2.24, 2.45) is 0 Å². The summed E-state index contributed by atoms with van der Waals surface area (Å²) in [5.41, 5.74) is 2.35. The molecule has 0 atom stereocenters. The van der Waals surface area contributed by atoms with Crippen molar-refractivity contribution in [1.82, 2.24) is 0 Å². The Labute approximate surface area is 193 Å². The van der Waals surface area contributed by atoms with Gasteiger partial charge in [0.05, 0.1) is 12.1 Å². The van der Waals surface area contributed by atoms with E-state index in [0.29, 0.717) is 27.1 Å². The van der Waals surface area contributed by atoms with Crippen LogP contribution in [0.1, 0.15) is 21.5 Å². The zero-order valence-corrected chi connectivity index (χ0v) is 19.2. The Kier molecular flexibility index (Phi) is 7.58. The van der Waals surface area contributed by atoms with Crippen LogP contribution in [0, 0.1) is 3.57 Å². The maximum Gasteiger partial charge on any atom is 0.185 e. The third-order valence-corrected chi connectivity index (χ3v) is 5.39. The monoisotopic (exact) mass is 538 g/mol. The van der Waals surface area contributed by atoms with Crippen LogP contribution in [-0.2, 0) is 6.61 Å². The van der Waals surface area contributed by atoms with E-state index in [1.165, 1.54) is 0 Å². The summed E-state index contributed by atoms with van der Waals surface area (Å²) < 4.78 is 12.3. The molecular formula is C23H17Cl2IO3. The van der Waals surface area contributed by atoms with Gasteiger partial charge in [-0.05, 0) is 76.7 Å². The van der Waals surface area contributed by atoms with Crippen LogP contribution in [0.15, 0.2) is 66.7 Å². The molecule has 0 N–H and O–H groups in total. The molecule has 3 aromatic carbocycles. The fourth-order valence-corrected chi connectivity index (χ4v) is 3.47. The van der Waals surface area contributed by atoms with Crippen molar-refractivity contribution in [3.05, 3.63) is 97.0 Å². The van der Waals surface area contributed by atoms with Gasteiger partial charge >= 0.3 is 0 Å². The van der Waals surface area contributed by atoms with Gasteiger partial charge in [-0.3, -0.25) is 4.79 Å². The maximum absolute atomic E-state index is 12.3. The van der Waals surface area contributed by atoms with E-state index in [0.717, 1.165) is 14.7 Å². The molecular weight excluding hydrogens is 522 g/mol. The van der Waals surface area contributed by atoms with Crippen LogP contribution < -0.4 is 9.47 Å². The molecule has 0 bridgehead atoms. The van der Waals surface area contributed by atoms with Crippen molar-refractivity contribution in [3.63, 3.8) is 0 Å². The molecule has 0 aliphatic rings. The molecule has 0 aliphatic carbocycles. The highest BCUT2D eigenvalue weighted by molar-refractivity contribution is 14.1. The average molecular weight is 539 g/mol. The summed E-state index contributed by atoms with van der Waals surface area (Å²) in [5, 5.41) is 0.987. The summed E-state index contributed by atoms with van der Waals surface area (Å²) in [5.74, 6) is 1.17. The highest BCUT2D eigenvalue weighted by Gasteiger charge is 2.08. The summed E-state index contributed by atoms with van der Waals surface area (Å²) in [6.45, 7) is 0.261. The number of hydrogen-bond donors (Lipinski definition) is 0. The van der Waals surface area contributed by atoms with E-state index in [1.54, 1.807) is 37.5 Å². The fraction of sp³-hybridized carbons (Fsp3) is 0.0870. The molecule has 3 nitrogen and oxygen atoms in total. The number of allylic oxidation sites excluding steroid dienone is 1. The second kappa shape index (κ2) is 10.1. The Bertz CT molecular complexity index is 1050. The number of benzene rings is 3. The smallest absolute Gasteiger partial charge is 0.185 e. The summed E-state index contributed by atoms with van der Waals surface area (Å²) in [7, 11) is 1.60. The van der Waals surface area contributed by atoms with Crippen molar-refractivity contribution in [3.8, 4) is 11.5 Å². The summed E-state index contributed by atoms with van der Waals surface area (Å²) in [4.78, 5) is 12.3. The fourth-order valence-electron chi connectivity index (χ4n) is 2.65. The van der Waals surface area contributed by atoms with Gasteiger partial charge in [0, 0.05) is 19.7 Å². The first-order valence-corrected chi connectivity index (χ1v) is 10.5. The average Bonchev–Trinajstić information content (AvgIpc) is 2.72. The van der Waals surface area contributed by atoms with E-state index in [9.17, 15) is 4.79 Å². The van der Waals surface area contributed by atoms with Crippen molar-refractivity contribution < 1.29 is 14.3 Å². The van der Waals surface area contributed by atoms with Crippen LogP contribution in [0.25, 0.3) is 6.08 Å². The number of halogens is 3. The standard InChI is InChI=1S/C23H17Cl2IO3/c1-28-22-10-3-15(2-9-21(27)16-4-7-19(26)8-5-16)12-17(22)14-29-23-11-6-18(24)13-20(23)25/h2-13H,14H2,1H3/b9-2+. The number of methoxy groups -OCH3 is 1. The minimum absolute atomic E-state index is 0.0528. The lowest BCUT2D eigenvalue weighted by Crippen LogP contribution is -2.00. The van der Waals surface area contributed by atoms with Crippen molar-refractivity contribution in [2.75, 3.05) is 7.11 Å². The zero-order chi connectivity index (χ0) is 20.8. The highest BCUT2D eigenvalue weighted by atomic mass is 127. The molecule has 0 fully saturated rings. The molecule has 0 saturated heterocycles. The predicted molar refractivity (Wildman–Crippen MR) is 126 cm³/mol. The van der Waals surface area contributed by atoms with Crippen molar-refractivity contribution in [2.45, 2.75) is 6.61 Å². The van der Waals surface area contributed by atoms with Crippen LogP contribution in [0.3, 0.4) is 0 Å². The molecule has 0 spiro atoms. The van der Waals surface area contributed by atoms with E-state index in [2.05, 4.69) is 22.6 Å². The van der Waals surface area contributed by atoms with Gasteiger partial charge in [0.25, 0.3) is 0 Å². The molecule has 29 heavy (non-hydrogen) atoms. The minimum Gasteiger partial charge on any atom is -0.496 e. The molecule has 0 aromatic heterocycles. The predicted octanol–water partition coefficient (Wildman–Crippen LogP) is 7.08. The first-order chi connectivity index (χ1) is 14.0. The maximum atomic E-state index is 12.3. The summed E-state index contributed by atoms with van der Waals surface area (Å²) in [6.07, 6.45) is 3.34. The van der Waals surface area contributed by atoms with Gasteiger partial charge in [0.15, 0.2) is 5.78 Å². The van der Waals surface area contributed by atoms with Crippen LogP contribution in [0.5, 0.6) is 11.5 Å². The minimum atomic E-state index is -0.0528. The van der Waals surface area contributed by atoms with E-state index < -0.39 is 0 Å². The van der Waals surface area contributed by atoms with Gasteiger partial charge in [-0.15, -0.1) is 0 Å². The van der Waals surface area contributed by atoms with Crippen LogP contribution >= 0.6 is 45.8 Å². The summed E-state index contributed by atoms with van der Waals surface area (Å²) >= 11 is 14.3. The Hall–Kier alpha value is -2.02. The SMILES string of the molecule is COc1ccc(/C=C/C(=O)c2ccc(I)cc2)cc1COc1ccc(Cl)cc1Cl. The largest absolute Gasteiger partial charge is 0.496 e. The molecule has 0 radical (unpaired) electrons. The number of hydrogen-bond acceptors (Lipinski definition) is 3. The molecule has 6 heteroatoms. The summed E-state index contributed by atoms with van der Waals surface area (Å²) in [6, 6.07) is 18.2.